The molecule has 1 aliphatic heterocycles. The SMILES string of the molecule is Cc1ccc2cc(CN3CCCC(c4ccn(CC(=O)O)n4)C3)c(=O)[nH]c2c1. The van der Waals surface area contributed by atoms with Gasteiger partial charge in [0.1, 0.15) is 6.54 Å². The molecule has 0 amide bonds. The van der Waals surface area contributed by atoms with E-state index in [0.29, 0.717) is 6.54 Å². The topological polar surface area (TPSA) is 91.2 Å². The van der Waals surface area contributed by atoms with Gasteiger partial charge in [0, 0.05) is 36.3 Å². The largest absolute Gasteiger partial charge is 0.480 e. The fraction of sp³-hybridized carbons (Fsp3) is 0.381. The molecule has 0 radical (unpaired) electrons. The van der Waals surface area contributed by atoms with Crippen LogP contribution in [0.25, 0.3) is 10.9 Å². The van der Waals surface area contributed by atoms with Crippen LogP contribution in [0.15, 0.2) is 41.3 Å². The van der Waals surface area contributed by atoms with Crippen molar-refractivity contribution in [3.8, 4) is 0 Å². The van der Waals surface area contributed by atoms with Crippen LogP contribution in [0.2, 0.25) is 0 Å². The van der Waals surface area contributed by atoms with Crippen LogP contribution in [0.4, 0.5) is 0 Å². The van der Waals surface area contributed by atoms with E-state index in [9.17, 15) is 9.59 Å². The molecule has 1 atom stereocenters. The summed E-state index contributed by atoms with van der Waals surface area (Å²) >= 11 is 0. The Morgan fingerprint density at radius 2 is 2.18 bits per heavy atom. The number of likely N-dealkylation sites (tertiary alicyclic amines) is 1. The van der Waals surface area contributed by atoms with Crippen molar-refractivity contribution in [3.63, 3.8) is 0 Å². The second kappa shape index (κ2) is 7.59. The molecule has 1 aromatic carbocycles. The first kappa shape index (κ1) is 18.4. The lowest BCUT2D eigenvalue weighted by atomic mass is 9.94. The van der Waals surface area contributed by atoms with Crippen LogP contribution in [0, 0.1) is 6.92 Å². The van der Waals surface area contributed by atoms with Gasteiger partial charge in [-0.25, -0.2) is 0 Å². The van der Waals surface area contributed by atoms with E-state index in [-0.39, 0.29) is 18.0 Å². The number of H-pyrrole nitrogens is 1. The molecular formula is C21H24N4O3. The number of benzene rings is 1. The van der Waals surface area contributed by atoms with E-state index in [1.54, 1.807) is 6.20 Å². The molecule has 3 heterocycles. The summed E-state index contributed by atoms with van der Waals surface area (Å²) in [6.07, 6.45) is 3.77. The minimum absolute atomic E-state index is 0.0361. The molecule has 0 aliphatic carbocycles. The van der Waals surface area contributed by atoms with Crippen molar-refractivity contribution in [1.29, 1.82) is 0 Å². The summed E-state index contributed by atoms with van der Waals surface area (Å²) in [5, 5.41) is 14.4. The minimum atomic E-state index is -0.898. The minimum Gasteiger partial charge on any atom is -0.480 e. The maximum Gasteiger partial charge on any atom is 0.325 e. The molecule has 0 spiro atoms. The van der Waals surface area contributed by atoms with Crippen molar-refractivity contribution in [3.05, 3.63) is 63.7 Å². The van der Waals surface area contributed by atoms with Crippen LogP contribution in [0.1, 0.15) is 35.6 Å². The Morgan fingerprint density at radius 1 is 1.32 bits per heavy atom. The van der Waals surface area contributed by atoms with Gasteiger partial charge in [-0.1, -0.05) is 12.1 Å². The first-order valence-corrected chi connectivity index (χ1v) is 9.58. The lowest BCUT2D eigenvalue weighted by molar-refractivity contribution is -0.137. The zero-order chi connectivity index (χ0) is 19.7. The highest BCUT2D eigenvalue weighted by atomic mass is 16.4. The van der Waals surface area contributed by atoms with Crippen LogP contribution < -0.4 is 5.56 Å². The van der Waals surface area contributed by atoms with Crippen LogP contribution in [-0.2, 0) is 17.9 Å². The number of hydrogen-bond acceptors (Lipinski definition) is 4. The van der Waals surface area contributed by atoms with Gasteiger partial charge in [0.05, 0.1) is 5.69 Å². The number of rotatable bonds is 5. The third-order valence-electron chi connectivity index (χ3n) is 5.35. The monoisotopic (exact) mass is 380 g/mol. The fourth-order valence-electron chi connectivity index (χ4n) is 3.98. The van der Waals surface area contributed by atoms with E-state index in [4.69, 9.17) is 5.11 Å². The van der Waals surface area contributed by atoms with E-state index in [1.807, 2.05) is 31.2 Å². The Bertz CT molecular complexity index is 1070. The third-order valence-corrected chi connectivity index (χ3v) is 5.35. The molecule has 0 saturated carbocycles. The number of aromatic amines is 1. The Morgan fingerprint density at radius 3 is 3.00 bits per heavy atom. The smallest absolute Gasteiger partial charge is 0.325 e. The molecule has 7 heteroatoms. The van der Waals surface area contributed by atoms with E-state index in [1.165, 1.54) is 4.68 Å². The van der Waals surface area contributed by atoms with Crippen LogP contribution >= 0.6 is 0 Å². The number of nitrogens with zero attached hydrogens (tertiary/aromatic N) is 3. The van der Waals surface area contributed by atoms with E-state index in [2.05, 4.69) is 21.0 Å². The van der Waals surface area contributed by atoms with Gasteiger partial charge < -0.3 is 10.1 Å². The number of nitrogens with one attached hydrogen (secondary N) is 1. The summed E-state index contributed by atoms with van der Waals surface area (Å²) in [4.78, 5) is 28.7. The number of carboxylic acids is 1. The molecule has 1 unspecified atom stereocenters. The van der Waals surface area contributed by atoms with Crippen molar-refractivity contribution in [2.24, 2.45) is 0 Å². The summed E-state index contributed by atoms with van der Waals surface area (Å²) in [6, 6.07) is 9.97. The van der Waals surface area contributed by atoms with Crippen LogP contribution in [0.5, 0.6) is 0 Å². The summed E-state index contributed by atoms with van der Waals surface area (Å²) in [5.41, 5.74) is 3.65. The number of carbonyl (C=O) groups is 1. The molecule has 4 rings (SSSR count). The van der Waals surface area contributed by atoms with Gasteiger partial charge in [0.2, 0.25) is 0 Å². The van der Waals surface area contributed by atoms with Gasteiger partial charge in [0.25, 0.3) is 5.56 Å². The number of carboxylic acid groups (broad SMARTS) is 1. The fourth-order valence-corrected chi connectivity index (χ4v) is 3.98. The molecule has 2 N–H and O–H groups in total. The van der Waals surface area contributed by atoms with E-state index < -0.39 is 5.97 Å². The average Bonchev–Trinajstić information content (AvgIpc) is 3.10. The highest BCUT2D eigenvalue weighted by Crippen LogP contribution is 2.26. The van der Waals surface area contributed by atoms with Gasteiger partial charge in [-0.05, 0) is 55.5 Å². The molecule has 146 valence electrons. The van der Waals surface area contributed by atoms with Gasteiger partial charge in [-0.3, -0.25) is 19.2 Å². The number of pyridine rings is 1. The summed E-state index contributed by atoms with van der Waals surface area (Å²) in [5.74, 6) is -0.642. The number of hydrogen-bond donors (Lipinski definition) is 2. The zero-order valence-electron chi connectivity index (χ0n) is 15.9. The van der Waals surface area contributed by atoms with Crippen molar-refractivity contribution < 1.29 is 9.90 Å². The highest BCUT2D eigenvalue weighted by molar-refractivity contribution is 5.79. The van der Waals surface area contributed by atoms with Crippen molar-refractivity contribution in [2.45, 2.75) is 38.8 Å². The second-order valence-corrected chi connectivity index (χ2v) is 7.62. The average molecular weight is 380 g/mol. The molecule has 7 nitrogen and oxygen atoms in total. The first-order chi connectivity index (χ1) is 13.5. The maximum atomic E-state index is 12.5. The molecule has 2 aromatic heterocycles. The van der Waals surface area contributed by atoms with Crippen molar-refractivity contribution in [2.75, 3.05) is 13.1 Å². The lowest BCUT2D eigenvalue weighted by Crippen LogP contribution is -2.35. The summed E-state index contributed by atoms with van der Waals surface area (Å²) in [6.45, 7) is 4.25. The molecule has 1 aliphatic rings. The first-order valence-electron chi connectivity index (χ1n) is 9.58. The number of fused-ring (bicyclic) bond motifs is 1. The standard InChI is InChI=1S/C21H24N4O3/c1-14-4-5-15-10-17(21(28)22-19(15)9-14)12-24-7-2-3-16(11-24)18-6-8-25(23-18)13-20(26)27/h4-6,8-10,16H,2-3,7,11-13H2,1H3,(H,22,28)(H,26,27). The quantitative estimate of drug-likeness (QED) is 0.710. The van der Waals surface area contributed by atoms with Crippen molar-refractivity contribution in [1.82, 2.24) is 19.7 Å². The summed E-state index contributed by atoms with van der Waals surface area (Å²) < 4.78 is 1.46. The van der Waals surface area contributed by atoms with Gasteiger partial charge in [-0.2, -0.15) is 5.10 Å². The van der Waals surface area contributed by atoms with Crippen LogP contribution in [0.3, 0.4) is 0 Å². The number of aromatic nitrogens is 3. The second-order valence-electron chi connectivity index (χ2n) is 7.62. The third kappa shape index (κ3) is 3.99. The van der Waals surface area contributed by atoms with Crippen LogP contribution in [-0.4, -0.2) is 43.8 Å². The van der Waals surface area contributed by atoms with Gasteiger partial charge in [0.15, 0.2) is 0 Å². The van der Waals surface area contributed by atoms with E-state index >= 15 is 0 Å². The number of aliphatic carboxylic acids is 1. The predicted octanol–water partition coefficient (Wildman–Crippen LogP) is 2.50. The molecule has 1 saturated heterocycles. The Labute approximate surface area is 162 Å². The number of piperidine rings is 1. The maximum absolute atomic E-state index is 12.5. The van der Waals surface area contributed by atoms with Gasteiger partial charge in [-0.15, -0.1) is 0 Å². The van der Waals surface area contributed by atoms with E-state index in [0.717, 1.165) is 53.7 Å². The Hall–Kier alpha value is -2.93. The molecule has 3 aromatic rings. The highest BCUT2D eigenvalue weighted by Gasteiger charge is 2.24. The zero-order valence-corrected chi connectivity index (χ0v) is 15.9. The Balaban J connectivity index is 1.49. The molecular weight excluding hydrogens is 356 g/mol. The molecule has 1 fully saturated rings. The summed E-state index contributed by atoms with van der Waals surface area (Å²) in [7, 11) is 0. The molecule has 0 bridgehead atoms. The Kier molecular flexibility index (Phi) is 5.00. The van der Waals surface area contributed by atoms with Gasteiger partial charge >= 0.3 is 5.97 Å². The number of aryl methyl sites for hydroxylation is 1. The lowest BCUT2D eigenvalue weighted by Gasteiger charge is -2.31. The molecule has 28 heavy (non-hydrogen) atoms. The normalized spacial score (nSPS) is 17.8. The van der Waals surface area contributed by atoms with Crippen molar-refractivity contribution >= 4 is 16.9 Å². The predicted molar refractivity (Wildman–Crippen MR) is 106 cm³/mol.